The molecule has 0 aromatic rings. The molecule has 0 aromatic carbocycles. The fourth-order valence-electron chi connectivity index (χ4n) is 1.99. The van der Waals surface area contributed by atoms with E-state index in [0.717, 1.165) is 19.3 Å². The van der Waals surface area contributed by atoms with Gasteiger partial charge in [0.1, 0.15) is 5.54 Å². The van der Waals surface area contributed by atoms with Gasteiger partial charge in [-0.05, 0) is 32.1 Å². The molecule has 0 amide bonds. The van der Waals surface area contributed by atoms with E-state index in [-0.39, 0.29) is 0 Å². The van der Waals surface area contributed by atoms with Crippen LogP contribution in [0.3, 0.4) is 0 Å². The summed E-state index contributed by atoms with van der Waals surface area (Å²) in [4.78, 5) is 11.3. The number of hydrogen-bond acceptors (Lipinski definition) is 3. The molecule has 0 spiro atoms. The molecule has 1 unspecified atom stereocenters. The third-order valence-electron chi connectivity index (χ3n) is 3.03. The fourth-order valence-corrected chi connectivity index (χ4v) is 1.99. The Balaban J connectivity index is 2.04. The minimum atomic E-state index is -0.713. The van der Waals surface area contributed by atoms with Gasteiger partial charge in [-0.3, -0.25) is 10.1 Å². The first-order valence-corrected chi connectivity index (χ1v) is 5.32. The molecule has 1 aliphatic carbocycles. The van der Waals surface area contributed by atoms with E-state index in [1.165, 1.54) is 0 Å². The van der Waals surface area contributed by atoms with Gasteiger partial charge in [0, 0.05) is 19.3 Å². The summed E-state index contributed by atoms with van der Waals surface area (Å²) >= 11 is 0. The van der Waals surface area contributed by atoms with Crippen molar-refractivity contribution >= 4 is 5.97 Å². The van der Waals surface area contributed by atoms with Crippen molar-refractivity contribution in [3.63, 3.8) is 0 Å². The number of ether oxygens (including phenoxy) is 1. The van der Waals surface area contributed by atoms with E-state index in [4.69, 9.17) is 4.74 Å². The van der Waals surface area contributed by atoms with Crippen molar-refractivity contribution in [3.8, 4) is 0 Å². The average molecular weight is 199 g/mol. The minimum Gasteiger partial charge on any atom is -0.480 e. The molecule has 1 saturated carbocycles. The molecule has 1 saturated heterocycles. The third-order valence-corrected chi connectivity index (χ3v) is 3.03. The Bertz CT molecular complexity index is 217. The molecule has 2 aliphatic rings. The lowest BCUT2D eigenvalue weighted by Crippen LogP contribution is -2.53. The lowest BCUT2D eigenvalue weighted by Gasteiger charge is -2.28. The maximum atomic E-state index is 11.3. The van der Waals surface area contributed by atoms with E-state index < -0.39 is 11.5 Å². The first kappa shape index (κ1) is 9.93. The number of nitrogens with one attached hydrogen (secondary N) is 1. The molecule has 4 nitrogen and oxygen atoms in total. The largest absolute Gasteiger partial charge is 0.480 e. The van der Waals surface area contributed by atoms with Gasteiger partial charge in [-0.25, -0.2) is 0 Å². The van der Waals surface area contributed by atoms with Crippen LogP contribution in [0.1, 0.15) is 32.1 Å². The van der Waals surface area contributed by atoms with E-state index in [0.29, 0.717) is 32.1 Å². The molecule has 1 heterocycles. The summed E-state index contributed by atoms with van der Waals surface area (Å²) in [5, 5.41) is 12.5. The summed E-state index contributed by atoms with van der Waals surface area (Å²) in [6.07, 6.45) is 4.37. The number of aliphatic carboxylic acids is 1. The molecule has 0 bridgehead atoms. The zero-order valence-corrected chi connectivity index (χ0v) is 8.29. The highest BCUT2D eigenvalue weighted by atomic mass is 16.5. The highest BCUT2D eigenvalue weighted by molar-refractivity contribution is 5.79. The Morgan fingerprint density at radius 3 is 2.79 bits per heavy atom. The van der Waals surface area contributed by atoms with Crippen LogP contribution < -0.4 is 5.32 Å². The van der Waals surface area contributed by atoms with Gasteiger partial charge in [0.2, 0.25) is 0 Å². The van der Waals surface area contributed by atoms with Crippen molar-refractivity contribution in [1.29, 1.82) is 0 Å². The molecule has 1 aliphatic heterocycles. The number of carboxylic acids is 1. The zero-order chi connectivity index (χ0) is 10.0. The van der Waals surface area contributed by atoms with Gasteiger partial charge in [0.25, 0.3) is 0 Å². The van der Waals surface area contributed by atoms with Crippen molar-refractivity contribution in [3.05, 3.63) is 0 Å². The summed E-state index contributed by atoms with van der Waals surface area (Å²) < 4.78 is 5.30. The van der Waals surface area contributed by atoms with Gasteiger partial charge in [-0.1, -0.05) is 0 Å². The first-order valence-electron chi connectivity index (χ1n) is 5.32. The van der Waals surface area contributed by atoms with E-state index in [1.807, 2.05) is 0 Å². The lowest BCUT2D eigenvalue weighted by molar-refractivity contribution is -0.145. The third kappa shape index (κ3) is 2.07. The predicted molar refractivity (Wildman–Crippen MR) is 51.2 cm³/mol. The second-order valence-electron chi connectivity index (χ2n) is 4.27. The molecular weight excluding hydrogens is 182 g/mol. The first-order chi connectivity index (χ1) is 6.73. The van der Waals surface area contributed by atoms with Crippen LogP contribution in [-0.4, -0.2) is 35.9 Å². The molecule has 2 rings (SSSR count). The van der Waals surface area contributed by atoms with Gasteiger partial charge >= 0.3 is 5.97 Å². The summed E-state index contributed by atoms with van der Waals surface area (Å²) in [6.45, 7) is 1.26. The van der Waals surface area contributed by atoms with Gasteiger partial charge in [0.05, 0.1) is 0 Å². The number of rotatable bonds is 3. The highest BCUT2D eigenvalue weighted by Crippen LogP contribution is 2.28. The van der Waals surface area contributed by atoms with Crippen LogP contribution in [0.25, 0.3) is 0 Å². The molecule has 0 radical (unpaired) electrons. The van der Waals surface area contributed by atoms with E-state index >= 15 is 0 Å². The highest BCUT2D eigenvalue weighted by Gasteiger charge is 2.42. The second kappa shape index (κ2) is 3.87. The SMILES string of the molecule is O=C(O)C1(NC2CC2)CCCOCC1. The van der Waals surface area contributed by atoms with Crippen LogP contribution in [0.15, 0.2) is 0 Å². The lowest BCUT2D eigenvalue weighted by atomic mass is 9.90. The number of carboxylic acid groups (broad SMARTS) is 1. The van der Waals surface area contributed by atoms with Gasteiger partial charge in [-0.15, -0.1) is 0 Å². The molecular formula is C10H17NO3. The maximum absolute atomic E-state index is 11.3. The topological polar surface area (TPSA) is 58.6 Å². The van der Waals surface area contributed by atoms with Gasteiger partial charge in [0.15, 0.2) is 0 Å². The number of hydrogen-bond donors (Lipinski definition) is 2. The van der Waals surface area contributed by atoms with Crippen LogP contribution in [0.5, 0.6) is 0 Å². The van der Waals surface area contributed by atoms with Crippen molar-refractivity contribution in [2.45, 2.75) is 43.7 Å². The van der Waals surface area contributed by atoms with Crippen LogP contribution in [0.4, 0.5) is 0 Å². The van der Waals surface area contributed by atoms with Gasteiger partial charge in [-0.2, -0.15) is 0 Å². The summed E-state index contributed by atoms with van der Waals surface area (Å²) in [6, 6.07) is 0.434. The molecule has 14 heavy (non-hydrogen) atoms. The molecule has 0 aromatic heterocycles. The summed E-state index contributed by atoms with van der Waals surface area (Å²) in [5.41, 5.74) is -0.711. The van der Waals surface area contributed by atoms with Crippen LogP contribution in [-0.2, 0) is 9.53 Å². The van der Waals surface area contributed by atoms with Crippen molar-refractivity contribution in [1.82, 2.24) is 5.32 Å². The quantitative estimate of drug-likeness (QED) is 0.704. The Morgan fingerprint density at radius 2 is 2.14 bits per heavy atom. The van der Waals surface area contributed by atoms with Crippen LogP contribution >= 0.6 is 0 Å². The monoisotopic (exact) mass is 199 g/mol. The molecule has 1 atom stereocenters. The van der Waals surface area contributed by atoms with E-state index in [1.54, 1.807) is 0 Å². The summed E-state index contributed by atoms with van der Waals surface area (Å²) in [5.74, 6) is -0.713. The second-order valence-corrected chi connectivity index (χ2v) is 4.27. The van der Waals surface area contributed by atoms with Gasteiger partial charge < -0.3 is 9.84 Å². The van der Waals surface area contributed by atoms with Crippen LogP contribution in [0, 0.1) is 0 Å². The molecule has 4 heteroatoms. The standard InChI is InChI=1S/C10H17NO3/c12-9(13)10(11-8-2-3-8)4-1-6-14-7-5-10/h8,11H,1-7H2,(H,12,13). The molecule has 2 N–H and O–H groups in total. The summed E-state index contributed by atoms with van der Waals surface area (Å²) in [7, 11) is 0. The molecule has 2 fully saturated rings. The normalized spacial score (nSPS) is 33.7. The zero-order valence-electron chi connectivity index (χ0n) is 8.29. The number of carbonyl (C=O) groups is 1. The Labute approximate surface area is 83.6 Å². The average Bonchev–Trinajstić information content (AvgIpc) is 2.93. The van der Waals surface area contributed by atoms with Crippen molar-refractivity contribution < 1.29 is 14.6 Å². The van der Waals surface area contributed by atoms with E-state index in [9.17, 15) is 9.90 Å². The van der Waals surface area contributed by atoms with Crippen LogP contribution in [0.2, 0.25) is 0 Å². The van der Waals surface area contributed by atoms with Crippen molar-refractivity contribution in [2.75, 3.05) is 13.2 Å². The minimum absolute atomic E-state index is 0.434. The van der Waals surface area contributed by atoms with Crippen molar-refractivity contribution in [2.24, 2.45) is 0 Å². The maximum Gasteiger partial charge on any atom is 0.323 e. The Morgan fingerprint density at radius 1 is 1.36 bits per heavy atom. The predicted octanol–water partition coefficient (Wildman–Crippen LogP) is 0.762. The smallest absolute Gasteiger partial charge is 0.323 e. The Hall–Kier alpha value is -0.610. The fraction of sp³-hybridized carbons (Fsp3) is 0.900. The molecule has 80 valence electrons. The Kier molecular flexibility index (Phi) is 2.74. The van der Waals surface area contributed by atoms with E-state index in [2.05, 4.69) is 5.32 Å².